The Bertz CT molecular complexity index is 351. The highest BCUT2D eigenvalue weighted by Crippen LogP contribution is 2.13. The van der Waals surface area contributed by atoms with Crippen LogP contribution in [0.2, 0.25) is 0 Å². The molecule has 0 aliphatic heterocycles. The van der Waals surface area contributed by atoms with Crippen molar-refractivity contribution in [2.24, 2.45) is 0 Å². The molecule has 3 heteroatoms. The standard InChI is InChI=1S/C14H21N3/c1-3-5-6-10-17(9-4-2)14-8-7-13(11-15)12-16-14/h7-8,12H,3-6,9-10H2,1-2H3. The number of anilines is 1. The molecule has 1 aromatic rings. The van der Waals surface area contributed by atoms with E-state index in [0.717, 1.165) is 25.3 Å². The van der Waals surface area contributed by atoms with Gasteiger partial charge >= 0.3 is 0 Å². The SMILES string of the molecule is CCCCCN(CCC)c1ccc(C#N)cn1. The van der Waals surface area contributed by atoms with E-state index >= 15 is 0 Å². The van der Waals surface area contributed by atoms with Gasteiger partial charge in [-0.15, -0.1) is 0 Å². The van der Waals surface area contributed by atoms with Crippen LogP contribution in [0, 0.1) is 11.3 Å². The summed E-state index contributed by atoms with van der Waals surface area (Å²) in [6.07, 6.45) is 6.47. The molecular weight excluding hydrogens is 210 g/mol. The van der Waals surface area contributed by atoms with Gasteiger partial charge in [-0.1, -0.05) is 26.7 Å². The number of nitrogens with zero attached hydrogens (tertiary/aromatic N) is 3. The molecule has 0 radical (unpaired) electrons. The van der Waals surface area contributed by atoms with Crippen molar-refractivity contribution in [1.82, 2.24) is 4.98 Å². The molecule has 0 aliphatic rings. The first kappa shape index (κ1) is 13.5. The van der Waals surface area contributed by atoms with Crippen molar-refractivity contribution >= 4 is 5.82 Å². The van der Waals surface area contributed by atoms with Crippen LogP contribution < -0.4 is 4.90 Å². The molecule has 0 amide bonds. The molecular formula is C14H21N3. The van der Waals surface area contributed by atoms with Crippen molar-refractivity contribution in [3.05, 3.63) is 23.9 Å². The second-order valence-electron chi connectivity index (χ2n) is 4.21. The van der Waals surface area contributed by atoms with E-state index in [-0.39, 0.29) is 0 Å². The number of hydrogen-bond donors (Lipinski definition) is 0. The molecule has 0 bridgehead atoms. The number of nitriles is 1. The van der Waals surface area contributed by atoms with Crippen molar-refractivity contribution < 1.29 is 0 Å². The first-order valence-corrected chi connectivity index (χ1v) is 6.43. The third kappa shape index (κ3) is 4.44. The van der Waals surface area contributed by atoms with E-state index in [1.807, 2.05) is 12.1 Å². The average Bonchev–Trinajstić information content (AvgIpc) is 2.38. The number of pyridine rings is 1. The Morgan fingerprint density at radius 1 is 1.18 bits per heavy atom. The Morgan fingerprint density at radius 2 is 2.00 bits per heavy atom. The summed E-state index contributed by atoms with van der Waals surface area (Å²) in [5, 5.41) is 8.74. The van der Waals surface area contributed by atoms with Gasteiger partial charge in [-0.25, -0.2) is 4.98 Å². The van der Waals surface area contributed by atoms with E-state index in [0.29, 0.717) is 5.56 Å². The summed E-state index contributed by atoms with van der Waals surface area (Å²) in [6, 6.07) is 5.88. The van der Waals surface area contributed by atoms with Gasteiger partial charge in [-0.05, 0) is 25.0 Å². The largest absolute Gasteiger partial charge is 0.357 e. The Labute approximate surface area is 104 Å². The van der Waals surface area contributed by atoms with Gasteiger partial charge < -0.3 is 4.90 Å². The summed E-state index contributed by atoms with van der Waals surface area (Å²) in [5.41, 5.74) is 0.624. The van der Waals surface area contributed by atoms with E-state index in [2.05, 4.69) is 29.8 Å². The summed E-state index contributed by atoms with van der Waals surface area (Å²) < 4.78 is 0. The molecule has 0 unspecified atom stereocenters. The van der Waals surface area contributed by atoms with Gasteiger partial charge in [0.15, 0.2) is 0 Å². The van der Waals surface area contributed by atoms with Gasteiger partial charge in [-0.3, -0.25) is 0 Å². The van der Waals surface area contributed by atoms with Crippen LogP contribution in [0.4, 0.5) is 5.82 Å². The molecule has 92 valence electrons. The molecule has 1 heterocycles. The molecule has 0 fully saturated rings. The monoisotopic (exact) mass is 231 g/mol. The van der Waals surface area contributed by atoms with Gasteiger partial charge in [0.1, 0.15) is 11.9 Å². The Kier molecular flexibility index (Phi) is 6.09. The zero-order valence-electron chi connectivity index (χ0n) is 10.8. The molecule has 0 saturated heterocycles. The molecule has 1 aromatic heterocycles. The van der Waals surface area contributed by atoms with Crippen molar-refractivity contribution in [2.75, 3.05) is 18.0 Å². The minimum atomic E-state index is 0.624. The lowest BCUT2D eigenvalue weighted by molar-refractivity contribution is 0.663. The lowest BCUT2D eigenvalue weighted by Crippen LogP contribution is -2.26. The number of aromatic nitrogens is 1. The summed E-state index contributed by atoms with van der Waals surface area (Å²) in [7, 11) is 0. The lowest BCUT2D eigenvalue weighted by Gasteiger charge is -2.23. The van der Waals surface area contributed by atoms with E-state index in [4.69, 9.17) is 5.26 Å². The van der Waals surface area contributed by atoms with E-state index in [1.54, 1.807) is 6.20 Å². The van der Waals surface area contributed by atoms with Crippen LogP contribution in [-0.2, 0) is 0 Å². The van der Waals surface area contributed by atoms with Crippen LogP contribution >= 0.6 is 0 Å². The smallest absolute Gasteiger partial charge is 0.128 e. The average molecular weight is 231 g/mol. The van der Waals surface area contributed by atoms with Crippen LogP contribution in [0.3, 0.4) is 0 Å². The maximum atomic E-state index is 8.74. The molecule has 3 nitrogen and oxygen atoms in total. The van der Waals surface area contributed by atoms with Gasteiger partial charge in [0.05, 0.1) is 5.56 Å². The molecule has 0 saturated carbocycles. The van der Waals surface area contributed by atoms with Crippen LogP contribution in [0.15, 0.2) is 18.3 Å². The van der Waals surface area contributed by atoms with Crippen LogP contribution in [0.1, 0.15) is 45.1 Å². The van der Waals surface area contributed by atoms with Crippen LogP contribution in [0.5, 0.6) is 0 Å². The molecule has 0 spiro atoms. The number of hydrogen-bond acceptors (Lipinski definition) is 3. The van der Waals surface area contributed by atoms with Crippen molar-refractivity contribution in [3.63, 3.8) is 0 Å². The fourth-order valence-corrected chi connectivity index (χ4v) is 1.80. The zero-order valence-corrected chi connectivity index (χ0v) is 10.8. The minimum Gasteiger partial charge on any atom is -0.357 e. The first-order chi connectivity index (χ1) is 8.31. The third-order valence-corrected chi connectivity index (χ3v) is 2.73. The predicted octanol–water partition coefficient (Wildman–Crippen LogP) is 3.36. The fourth-order valence-electron chi connectivity index (χ4n) is 1.80. The Balaban J connectivity index is 2.64. The second-order valence-corrected chi connectivity index (χ2v) is 4.21. The molecule has 1 rings (SSSR count). The Hall–Kier alpha value is -1.56. The van der Waals surface area contributed by atoms with Crippen LogP contribution in [-0.4, -0.2) is 18.1 Å². The molecule has 17 heavy (non-hydrogen) atoms. The highest BCUT2D eigenvalue weighted by atomic mass is 15.2. The van der Waals surface area contributed by atoms with E-state index in [1.165, 1.54) is 19.3 Å². The quantitative estimate of drug-likeness (QED) is 0.675. The van der Waals surface area contributed by atoms with Crippen molar-refractivity contribution in [1.29, 1.82) is 5.26 Å². The first-order valence-electron chi connectivity index (χ1n) is 6.43. The highest BCUT2D eigenvalue weighted by Gasteiger charge is 2.06. The molecule has 0 N–H and O–H groups in total. The number of rotatable bonds is 7. The molecule has 0 aromatic carbocycles. The maximum Gasteiger partial charge on any atom is 0.128 e. The Morgan fingerprint density at radius 3 is 2.53 bits per heavy atom. The minimum absolute atomic E-state index is 0.624. The normalized spacial score (nSPS) is 9.94. The summed E-state index contributed by atoms with van der Waals surface area (Å²) >= 11 is 0. The second kappa shape index (κ2) is 7.67. The zero-order chi connectivity index (χ0) is 12.5. The molecule has 0 atom stereocenters. The van der Waals surface area contributed by atoms with Gasteiger partial charge in [0.25, 0.3) is 0 Å². The van der Waals surface area contributed by atoms with Gasteiger partial charge in [-0.2, -0.15) is 5.26 Å². The van der Waals surface area contributed by atoms with Crippen molar-refractivity contribution in [2.45, 2.75) is 39.5 Å². The summed E-state index contributed by atoms with van der Waals surface area (Å²) in [5.74, 6) is 0.988. The lowest BCUT2D eigenvalue weighted by atomic mass is 10.2. The van der Waals surface area contributed by atoms with Gasteiger partial charge in [0, 0.05) is 19.3 Å². The van der Waals surface area contributed by atoms with E-state index < -0.39 is 0 Å². The number of unbranched alkanes of at least 4 members (excludes halogenated alkanes) is 2. The maximum absolute atomic E-state index is 8.74. The summed E-state index contributed by atoms with van der Waals surface area (Å²) in [6.45, 7) is 6.48. The predicted molar refractivity (Wildman–Crippen MR) is 71.0 cm³/mol. The fraction of sp³-hybridized carbons (Fsp3) is 0.571. The van der Waals surface area contributed by atoms with Crippen LogP contribution in [0.25, 0.3) is 0 Å². The summed E-state index contributed by atoms with van der Waals surface area (Å²) in [4.78, 5) is 6.65. The van der Waals surface area contributed by atoms with E-state index in [9.17, 15) is 0 Å². The highest BCUT2D eigenvalue weighted by molar-refractivity contribution is 5.41. The third-order valence-electron chi connectivity index (χ3n) is 2.73. The van der Waals surface area contributed by atoms with Gasteiger partial charge in [0.2, 0.25) is 0 Å². The van der Waals surface area contributed by atoms with Crippen molar-refractivity contribution in [3.8, 4) is 6.07 Å². The molecule has 0 aliphatic carbocycles. The topological polar surface area (TPSA) is 39.9 Å².